The Bertz CT molecular complexity index is 1010. The summed E-state index contributed by atoms with van der Waals surface area (Å²) in [5.74, 6) is 0. The number of fused-ring (bicyclic) bond motifs is 1. The minimum Gasteiger partial charge on any atom is -0.369 e. The minimum absolute atomic E-state index is 0.0895. The zero-order valence-electron chi connectivity index (χ0n) is 15.7. The van der Waals surface area contributed by atoms with E-state index in [-0.39, 0.29) is 5.56 Å². The second-order valence-corrected chi connectivity index (χ2v) is 6.97. The third-order valence-corrected chi connectivity index (χ3v) is 5.11. The summed E-state index contributed by atoms with van der Waals surface area (Å²) in [4.78, 5) is 22.7. The molecule has 1 aliphatic carbocycles. The van der Waals surface area contributed by atoms with Crippen molar-refractivity contribution in [2.45, 2.75) is 13.8 Å². The Hall–Kier alpha value is -2.92. The molecule has 2 aliphatic heterocycles. The maximum Gasteiger partial charge on any atom is 0.258 e. The molecule has 1 aromatic carbocycles. The monoisotopic (exact) mass is 360 g/mol. The molecule has 1 fully saturated rings. The molecule has 0 unspecified atom stereocenters. The second kappa shape index (κ2) is 7.37. The van der Waals surface area contributed by atoms with Crippen LogP contribution in [0.5, 0.6) is 0 Å². The van der Waals surface area contributed by atoms with Gasteiger partial charge in [0.25, 0.3) is 5.56 Å². The average Bonchev–Trinajstić information content (AvgIpc) is 2.83. The summed E-state index contributed by atoms with van der Waals surface area (Å²) in [6.45, 7) is 7.95. The van der Waals surface area contributed by atoms with Gasteiger partial charge in [-0.2, -0.15) is 0 Å². The molecule has 5 heteroatoms. The third-order valence-electron chi connectivity index (χ3n) is 5.11. The van der Waals surface area contributed by atoms with Crippen molar-refractivity contribution in [2.75, 3.05) is 31.1 Å². The molecule has 0 saturated carbocycles. The molecule has 5 nitrogen and oxygen atoms in total. The summed E-state index contributed by atoms with van der Waals surface area (Å²) < 4.78 is 0. The Labute approximate surface area is 159 Å². The minimum atomic E-state index is -0.0895. The van der Waals surface area contributed by atoms with Crippen molar-refractivity contribution < 1.29 is 0 Å². The van der Waals surface area contributed by atoms with Gasteiger partial charge in [-0.25, -0.2) is 0 Å². The van der Waals surface area contributed by atoms with Crippen LogP contribution in [0.1, 0.15) is 18.1 Å². The number of aryl methyl sites for hydroxylation is 1. The van der Waals surface area contributed by atoms with E-state index in [1.807, 2.05) is 37.3 Å². The molecule has 0 atom stereocenters. The molecule has 138 valence electrons. The number of nitrogens with one attached hydrogen (secondary N) is 2. The highest BCUT2D eigenvalue weighted by molar-refractivity contribution is 6.05. The first-order chi connectivity index (χ1) is 13.1. The van der Waals surface area contributed by atoms with Crippen molar-refractivity contribution in [1.29, 1.82) is 0 Å². The van der Waals surface area contributed by atoms with Crippen LogP contribution in [0.2, 0.25) is 0 Å². The fourth-order valence-corrected chi connectivity index (χ4v) is 3.62. The Morgan fingerprint density at radius 2 is 1.85 bits per heavy atom. The predicted molar refractivity (Wildman–Crippen MR) is 112 cm³/mol. The number of aliphatic imine (C=N–C) groups is 1. The molecule has 1 saturated heterocycles. The molecule has 2 N–H and O–H groups in total. The van der Waals surface area contributed by atoms with E-state index >= 15 is 0 Å². The van der Waals surface area contributed by atoms with Crippen molar-refractivity contribution in [3.05, 3.63) is 70.0 Å². The molecular formula is C22H24N4O. The molecule has 3 aliphatic rings. The van der Waals surface area contributed by atoms with E-state index in [0.717, 1.165) is 54.4 Å². The van der Waals surface area contributed by atoms with Crippen LogP contribution >= 0.6 is 0 Å². The van der Waals surface area contributed by atoms with Crippen LogP contribution in [0, 0.1) is 6.92 Å². The van der Waals surface area contributed by atoms with Gasteiger partial charge in [-0.1, -0.05) is 30.3 Å². The fourth-order valence-electron chi connectivity index (χ4n) is 3.62. The van der Waals surface area contributed by atoms with Gasteiger partial charge in [-0.15, -0.1) is 0 Å². The van der Waals surface area contributed by atoms with Crippen LogP contribution in [0.15, 0.2) is 58.3 Å². The summed E-state index contributed by atoms with van der Waals surface area (Å²) in [7, 11) is 0. The Morgan fingerprint density at radius 1 is 1.07 bits per heavy atom. The Balaban J connectivity index is 1.74. The number of hydrogen-bond acceptors (Lipinski definition) is 4. The van der Waals surface area contributed by atoms with Crippen molar-refractivity contribution in [3.63, 3.8) is 0 Å². The Morgan fingerprint density at radius 3 is 2.67 bits per heavy atom. The molecule has 2 heterocycles. The standard InChI is InChI=1S/C22H24N4O/c1-15-8-9-17(26-12-10-23-11-13-26)14-20(15)24-16(2)21-18-6-4-3-5-7-19(18)25-22(21)27/h3-9,14,23H,10-13H2,1-2H3,(H,25,27)/b24-16+. The summed E-state index contributed by atoms with van der Waals surface area (Å²) >= 11 is 0. The smallest absolute Gasteiger partial charge is 0.258 e. The third kappa shape index (κ3) is 3.51. The summed E-state index contributed by atoms with van der Waals surface area (Å²) in [5, 5.41) is 3.38. The topological polar surface area (TPSA) is 60.5 Å². The van der Waals surface area contributed by atoms with Crippen LogP contribution in [-0.2, 0) is 0 Å². The molecule has 27 heavy (non-hydrogen) atoms. The van der Waals surface area contributed by atoms with E-state index in [9.17, 15) is 4.79 Å². The van der Waals surface area contributed by atoms with Gasteiger partial charge in [0.05, 0.1) is 17.0 Å². The van der Waals surface area contributed by atoms with Gasteiger partial charge < -0.3 is 15.2 Å². The molecule has 0 bridgehead atoms. The number of aromatic nitrogens is 1. The lowest BCUT2D eigenvalue weighted by Crippen LogP contribution is -2.43. The number of rotatable bonds is 3. The first-order valence-corrected chi connectivity index (χ1v) is 9.36. The zero-order chi connectivity index (χ0) is 18.8. The van der Waals surface area contributed by atoms with Gasteiger partial charge in [0.2, 0.25) is 0 Å². The van der Waals surface area contributed by atoms with Crippen molar-refractivity contribution in [1.82, 2.24) is 10.3 Å². The maximum absolute atomic E-state index is 12.5. The highest BCUT2D eigenvalue weighted by Gasteiger charge is 2.17. The lowest BCUT2D eigenvalue weighted by molar-refractivity contribution is 0.589. The predicted octanol–water partition coefficient (Wildman–Crippen LogP) is 3.34. The van der Waals surface area contributed by atoms with Crippen LogP contribution < -0.4 is 15.8 Å². The van der Waals surface area contributed by atoms with Crippen molar-refractivity contribution in [3.8, 4) is 11.3 Å². The van der Waals surface area contributed by atoms with Crippen molar-refractivity contribution >= 4 is 17.1 Å². The van der Waals surface area contributed by atoms with Gasteiger partial charge >= 0.3 is 0 Å². The second-order valence-electron chi connectivity index (χ2n) is 6.97. The average molecular weight is 360 g/mol. The summed E-state index contributed by atoms with van der Waals surface area (Å²) in [6, 6.07) is 16.1. The van der Waals surface area contributed by atoms with E-state index in [2.05, 4.69) is 40.3 Å². The van der Waals surface area contributed by atoms with Crippen LogP contribution in [0.4, 0.5) is 11.4 Å². The molecule has 0 spiro atoms. The highest BCUT2D eigenvalue weighted by atomic mass is 16.1. The van der Waals surface area contributed by atoms with E-state index in [0.29, 0.717) is 5.56 Å². The van der Waals surface area contributed by atoms with Gasteiger partial charge in [-0.3, -0.25) is 9.79 Å². The number of aromatic amines is 1. The number of benzene rings is 1. The molecule has 4 rings (SSSR count). The number of anilines is 1. The number of nitrogens with zero attached hydrogens (tertiary/aromatic N) is 2. The largest absolute Gasteiger partial charge is 0.369 e. The van der Waals surface area contributed by atoms with Crippen LogP contribution in [0.25, 0.3) is 11.3 Å². The molecule has 0 radical (unpaired) electrons. The normalized spacial score (nSPS) is 15.3. The van der Waals surface area contributed by atoms with Gasteiger partial charge in [0.1, 0.15) is 0 Å². The van der Waals surface area contributed by atoms with Crippen molar-refractivity contribution in [2.24, 2.45) is 4.99 Å². The molecular weight excluding hydrogens is 336 g/mol. The molecule has 1 aromatic rings. The Kier molecular flexibility index (Phi) is 4.77. The number of H-pyrrole nitrogens is 1. The fraction of sp³-hybridized carbons (Fsp3) is 0.273. The first kappa shape index (κ1) is 17.5. The quantitative estimate of drug-likeness (QED) is 0.704. The van der Waals surface area contributed by atoms with Crippen LogP contribution in [-0.4, -0.2) is 36.9 Å². The highest BCUT2D eigenvalue weighted by Crippen LogP contribution is 2.28. The van der Waals surface area contributed by atoms with Crippen LogP contribution in [0.3, 0.4) is 0 Å². The SMILES string of the molecule is C/C(=N\c1cc(N2CCNCC2)ccc1C)c1c2cccccc-2[nH]c1=O. The molecule has 0 aromatic heterocycles. The summed E-state index contributed by atoms with van der Waals surface area (Å²) in [5.41, 5.74) is 6.23. The maximum atomic E-state index is 12.5. The lowest BCUT2D eigenvalue weighted by atomic mass is 10.1. The molecule has 0 amide bonds. The number of hydrogen-bond donors (Lipinski definition) is 2. The van der Waals surface area contributed by atoms with E-state index < -0.39 is 0 Å². The number of piperazine rings is 1. The van der Waals surface area contributed by atoms with E-state index in [1.165, 1.54) is 5.69 Å². The van der Waals surface area contributed by atoms with E-state index in [1.54, 1.807) is 0 Å². The van der Waals surface area contributed by atoms with Gasteiger partial charge in [0, 0.05) is 43.1 Å². The van der Waals surface area contributed by atoms with Gasteiger partial charge in [-0.05, 0) is 37.6 Å². The zero-order valence-corrected chi connectivity index (χ0v) is 15.7. The lowest BCUT2D eigenvalue weighted by Gasteiger charge is -2.29. The van der Waals surface area contributed by atoms with E-state index in [4.69, 9.17) is 4.99 Å². The summed E-state index contributed by atoms with van der Waals surface area (Å²) in [6.07, 6.45) is 0. The first-order valence-electron chi connectivity index (χ1n) is 9.36. The van der Waals surface area contributed by atoms with Gasteiger partial charge in [0.15, 0.2) is 0 Å².